The van der Waals surface area contributed by atoms with Gasteiger partial charge in [0.1, 0.15) is 6.07 Å². The van der Waals surface area contributed by atoms with Crippen LogP contribution in [0.2, 0.25) is 0 Å². The van der Waals surface area contributed by atoms with Crippen LogP contribution in [-0.4, -0.2) is 6.10 Å². The van der Waals surface area contributed by atoms with Crippen molar-refractivity contribution in [1.82, 2.24) is 0 Å². The Morgan fingerprint density at radius 1 is 1.21 bits per heavy atom. The van der Waals surface area contributed by atoms with Crippen molar-refractivity contribution >= 4 is 0 Å². The van der Waals surface area contributed by atoms with Gasteiger partial charge < -0.3 is 4.74 Å². The monoisotopic (exact) mass is 261 g/mol. The second kappa shape index (κ2) is 7.58. The van der Waals surface area contributed by atoms with E-state index < -0.39 is 0 Å². The first kappa shape index (κ1) is 14.4. The molecule has 0 spiro atoms. The molecule has 2 aliphatic rings. The number of nitriles is 1. The van der Waals surface area contributed by atoms with Gasteiger partial charge in [0.15, 0.2) is 6.10 Å². The lowest BCUT2D eigenvalue weighted by Gasteiger charge is -2.32. The van der Waals surface area contributed by atoms with Gasteiger partial charge in [-0.15, -0.1) is 0 Å². The Kier molecular flexibility index (Phi) is 5.76. The number of ether oxygens (including phenoxy) is 1. The van der Waals surface area contributed by atoms with E-state index in [4.69, 9.17) is 10.00 Å². The summed E-state index contributed by atoms with van der Waals surface area (Å²) in [6, 6.07) is 2.20. The summed E-state index contributed by atoms with van der Waals surface area (Å²) in [4.78, 5) is 0. The van der Waals surface area contributed by atoms with Gasteiger partial charge in [0.2, 0.25) is 0 Å². The van der Waals surface area contributed by atoms with Gasteiger partial charge in [0.25, 0.3) is 0 Å². The molecule has 0 aromatic rings. The van der Waals surface area contributed by atoms with Crippen molar-refractivity contribution in [2.75, 3.05) is 0 Å². The van der Waals surface area contributed by atoms with Crippen molar-refractivity contribution in [2.24, 2.45) is 11.8 Å². The molecule has 2 nitrogen and oxygen atoms in total. The predicted octanol–water partition coefficient (Wildman–Crippen LogP) is 4.96. The third-order valence-electron chi connectivity index (χ3n) is 4.81. The lowest BCUT2D eigenvalue weighted by Crippen LogP contribution is -2.20. The third-order valence-corrected chi connectivity index (χ3v) is 4.81. The van der Waals surface area contributed by atoms with Gasteiger partial charge in [-0.1, -0.05) is 32.6 Å². The van der Waals surface area contributed by atoms with Crippen LogP contribution in [0.3, 0.4) is 0 Å². The molecule has 0 radical (unpaired) electrons. The first-order valence-corrected chi connectivity index (χ1v) is 8.07. The van der Waals surface area contributed by atoms with Crippen molar-refractivity contribution in [3.05, 3.63) is 11.8 Å². The molecule has 1 aliphatic carbocycles. The molecule has 2 rings (SSSR count). The lowest BCUT2D eigenvalue weighted by atomic mass is 9.76. The number of rotatable bonds is 5. The maximum absolute atomic E-state index is 8.82. The summed E-state index contributed by atoms with van der Waals surface area (Å²) in [5.41, 5.74) is 1.47. The van der Waals surface area contributed by atoms with Crippen LogP contribution in [0.5, 0.6) is 0 Å². The van der Waals surface area contributed by atoms with Crippen LogP contribution in [-0.2, 0) is 4.74 Å². The third kappa shape index (κ3) is 4.27. The SMILES string of the molecule is CCCCCC1CCC(C2=COC(C#N)CC2)CC1. The first-order valence-electron chi connectivity index (χ1n) is 8.07. The van der Waals surface area contributed by atoms with Crippen molar-refractivity contribution < 1.29 is 4.74 Å². The number of allylic oxidation sites excluding steroid dienone is 1. The number of nitrogens with zero attached hydrogens (tertiary/aromatic N) is 1. The number of hydrogen-bond acceptors (Lipinski definition) is 2. The van der Waals surface area contributed by atoms with E-state index in [0.717, 1.165) is 24.7 Å². The molecular weight excluding hydrogens is 234 g/mol. The molecular formula is C17H27NO. The summed E-state index contributed by atoms with van der Waals surface area (Å²) in [5.74, 6) is 1.71. The van der Waals surface area contributed by atoms with Gasteiger partial charge in [-0.3, -0.25) is 0 Å². The molecule has 1 heterocycles. The highest BCUT2D eigenvalue weighted by Crippen LogP contribution is 2.38. The van der Waals surface area contributed by atoms with Crippen molar-refractivity contribution in [2.45, 2.75) is 77.2 Å². The molecule has 0 aromatic heterocycles. The highest BCUT2D eigenvalue weighted by molar-refractivity contribution is 5.10. The van der Waals surface area contributed by atoms with Gasteiger partial charge >= 0.3 is 0 Å². The van der Waals surface area contributed by atoms with Crippen LogP contribution in [0.4, 0.5) is 0 Å². The molecule has 1 atom stereocenters. The van der Waals surface area contributed by atoms with E-state index in [1.165, 1.54) is 56.9 Å². The molecule has 1 unspecified atom stereocenters. The minimum atomic E-state index is -0.200. The van der Waals surface area contributed by atoms with Gasteiger partial charge in [-0.05, 0) is 49.5 Å². The van der Waals surface area contributed by atoms with E-state index in [1.54, 1.807) is 0 Å². The van der Waals surface area contributed by atoms with Gasteiger partial charge in [0.05, 0.1) is 6.26 Å². The first-order chi connectivity index (χ1) is 9.33. The smallest absolute Gasteiger partial charge is 0.183 e. The summed E-state index contributed by atoms with van der Waals surface area (Å²) in [7, 11) is 0. The quantitative estimate of drug-likeness (QED) is 0.655. The van der Waals surface area contributed by atoms with E-state index in [2.05, 4.69) is 13.0 Å². The average molecular weight is 261 g/mol. The maximum atomic E-state index is 8.82. The van der Waals surface area contributed by atoms with Crippen LogP contribution < -0.4 is 0 Å². The molecule has 19 heavy (non-hydrogen) atoms. The molecule has 0 amide bonds. The van der Waals surface area contributed by atoms with Crippen LogP contribution >= 0.6 is 0 Å². The van der Waals surface area contributed by atoms with E-state index in [-0.39, 0.29) is 6.10 Å². The minimum Gasteiger partial charge on any atom is -0.483 e. The molecule has 0 saturated heterocycles. The van der Waals surface area contributed by atoms with Crippen LogP contribution in [0, 0.1) is 23.2 Å². The summed E-state index contributed by atoms with van der Waals surface area (Å²) in [6.45, 7) is 2.28. The Hall–Kier alpha value is -0.970. The van der Waals surface area contributed by atoms with Gasteiger partial charge in [0, 0.05) is 6.42 Å². The second-order valence-corrected chi connectivity index (χ2v) is 6.20. The molecule has 0 bridgehead atoms. The highest BCUT2D eigenvalue weighted by Gasteiger charge is 2.26. The molecule has 0 aromatic carbocycles. The fourth-order valence-corrected chi connectivity index (χ4v) is 3.49. The molecule has 0 N–H and O–H groups in total. The Labute approximate surface area is 117 Å². The Bertz CT molecular complexity index is 334. The predicted molar refractivity (Wildman–Crippen MR) is 77.4 cm³/mol. The molecule has 1 saturated carbocycles. The highest BCUT2D eigenvalue weighted by atomic mass is 16.5. The van der Waals surface area contributed by atoms with Crippen molar-refractivity contribution in [1.29, 1.82) is 5.26 Å². The zero-order chi connectivity index (χ0) is 13.5. The summed E-state index contributed by atoms with van der Waals surface area (Å²) in [6.07, 6.45) is 14.7. The topological polar surface area (TPSA) is 33.0 Å². The maximum Gasteiger partial charge on any atom is 0.183 e. The van der Waals surface area contributed by atoms with E-state index in [1.807, 2.05) is 6.26 Å². The van der Waals surface area contributed by atoms with Crippen molar-refractivity contribution in [3.63, 3.8) is 0 Å². The molecule has 2 heteroatoms. The standard InChI is InChI=1S/C17H27NO/c1-2-3-4-5-14-6-8-15(9-7-14)16-10-11-17(12-18)19-13-16/h13-15,17H,2-11H2,1H3. The Morgan fingerprint density at radius 2 is 2.00 bits per heavy atom. The van der Waals surface area contributed by atoms with E-state index in [0.29, 0.717) is 0 Å². The van der Waals surface area contributed by atoms with Gasteiger partial charge in [-0.2, -0.15) is 5.26 Å². The zero-order valence-corrected chi connectivity index (χ0v) is 12.2. The fourth-order valence-electron chi connectivity index (χ4n) is 3.49. The summed E-state index contributed by atoms with van der Waals surface area (Å²) >= 11 is 0. The Balaban J connectivity index is 1.72. The largest absolute Gasteiger partial charge is 0.483 e. The molecule has 1 fully saturated rings. The van der Waals surface area contributed by atoms with Crippen LogP contribution in [0.1, 0.15) is 71.1 Å². The normalized spacial score (nSPS) is 31.2. The fraction of sp³-hybridized carbons (Fsp3) is 0.824. The molecule has 106 valence electrons. The van der Waals surface area contributed by atoms with Crippen molar-refractivity contribution in [3.8, 4) is 6.07 Å². The number of hydrogen-bond donors (Lipinski definition) is 0. The number of unbranched alkanes of at least 4 members (excludes halogenated alkanes) is 2. The summed E-state index contributed by atoms with van der Waals surface area (Å²) < 4.78 is 5.48. The summed E-state index contributed by atoms with van der Waals surface area (Å²) in [5, 5.41) is 8.82. The zero-order valence-electron chi connectivity index (χ0n) is 12.2. The van der Waals surface area contributed by atoms with Crippen LogP contribution in [0.15, 0.2) is 11.8 Å². The lowest BCUT2D eigenvalue weighted by molar-refractivity contribution is 0.155. The second-order valence-electron chi connectivity index (χ2n) is 6.20. The van der Waals surface area contributed by atoms with E-state index >= 15 is 0 Å². The minimum absolute atomic E-state index is 0.200. The van der Waals surface area contributed by atoms with E-state index in [9.17, 15) is 0 Å². The average Bonchev–Trinajstić information content (AvgIpc) is 2.48. The molecule has 1 aliphatic heterocycles. The van der Waals surface area contributed by atoms with Gasteiger partial charge in [-0.25, -0.2) is 0 Å². The Morgan fingerprint density at radius 3 is 2.58 bits per heavy atom. The van der Waals surface area contributed by atoms with Crippen LogP contribution in [0.25, 0.3) is 0 Å².